The molecule has 2 aromatic rings. The minimum atomic E-state index is -3.97. The zero-order valence-electron chi connectivity index (χ0n) is 22.7. The van der Waals surface area contributed by atoms with Gasteiger partial charge in [0.15, 0.2) is 11.5 Å². The molecule has 0 saturated carbocycles. The van der Waals surface area contributed by atoms with Gasteiger partial charge in [-0.3, -0.25) is 9.52 Å². The first-order valence-corrected chi connectivity index (χ1v) is 13.9. The Morgan fingerprint density at radius 1 is 1.05 bits per heavy atom. The van der Waals surface area contributed by atoms with Gasteiger partial charge in [-0.25, -0.2) is 0 Å². The maximum Gasteiger partial charge on any atom is 0.302 e. The van der Waals surface area contributed by atoms with Gasteiger partial charge in [0, 0.05) is 18.7 Å². The number of carbonyl (C=O) groups is 1. The molecule has 3 rings (SSSR count). The molecule has 9 nitrogen and oxygen atoms in total. The summed E-state index contributed by atoms with van der Waals surface area (Å²) < 4.78 is 44.6. The summed E-state index contributed by atoms with van der Waals surface area (Å²) in [4.78, 5) is 11.6. The normalized spacial score (nSPS) is 16.2. The molecule has 37 heavy (non-hydrogen) atoms. The Bertz CT molecular complexity index is 1100. The van der Waals surface area contributed by atoms with Crippen LogP contribution in [0.25, 0.3) is 0 Å². The van der Waals surface area contributed by atoms with Crippen molar-refractivity contribution < 1.29 is 27.4 Å². The van der Waals surface area contributed by atoms with Crippen LogP contribution in [-0.4, -0.2) is 52.5 Å². The fraction of sp³-hybridized carbons (Fsp3) is 0.519. The zero-order chi connectivity index (χ0) is 27.6. The summed E-state index contributed by atoms with van der Waals surface area (Å²) in [5.41, 5.74) is 7.37. The Balaban J connectivity index is 0.000000335. The average molecular weight is 536 g/mol. The molecule has 1 aliphatic rings. The summed E-state index contributed by atoms with van der Waals surface area (Å²) in [6.45, 7) is 7.09. The van der Waals surface area contributed by atoms with Crippen molar-refractivity contribution in [2.45, 2.75) is 64.3 Å². The highest BCUT2D eigenvalue weighted by molar-refractivity contribution is 7.90. The molecule has 3 N–H and O–H groups in total. The van der Waals surface area contributed by atoms with Crippen LogP contribution >= 0.6 is 0 Å². The first-order valence-electron chi connectivity index (χ1n) is 12.4. The number of nitrogens with one attached hydrogen (secondary N) is 1. The maximum atomic E-state index is 12.7. The standard InChI is InChI=1S/C15H23N3O6S.C12H18/c1-22-12-8-10(9-13(23-2)14(12)24-3)17-25(20,21)18-7-5-4-6-11(18)15(16)19;1-4-10-12(2,3)11-8-6-5-7-9-11/h8-9,11,17H,4-7H2,1-3H3,(H2,16,19);5-9H,4,10H2,1-3H3. The lowest BCUT2D eigenvalue weighted by atomic mass is 9.81. The van der Waals surface area contributed by atoms with E-state index in [0.29, 0.717) is 35.5 Å². The van der Waals surface area contributed by atoms with E-state index >= 15 is 0 Å². The van der Waals surface area contributed by atoms with Gasteiger partial charge in [-0.2, -0.15) is 12.7 Å². The van der Waals surface area contributed by atoms with Crippen LogP contribution in [-0.2, 0) is 20.4 Å². The zero-order valence-corrected chi connectivity index (χ0v) is 23.6. The van der Waals surface area contributed by atoms with Gasteiger partial charge in [0.1, 0.15) is 6.04 Å². The van der Waals surface area contributed by atoms with Gasteiger partial charge in [0.2, 0.25) is 11.7 Å². The second-order valence-corrected chi connectivity index (χ2v) is 11.2. The second-order valence-electron chi connectivity index (χ2n) is 9.55. The molecule has 0 aliphatic carbocycles. The Kier molecular flexibility index (Phi) is 11.1. The third kappa shape index (κ3) is 8.00. The molecule has 1 saturated heterocycles. The highest BCUT2D eigenvalue weighted by Crippen LogP contribution is 2.40. The third-order valence-corrected chi connectivity index (χ3v) is 7.98. The molecule has 1 aliphatic heterocycles. The van der Waals surface area contributed by atoms with Gasteiger partial charge in [-0.05, 0) is 30.2 Å². The van der Waals surface area contributed by atoms with Crippen molar-refractivity contribution in [3.05, 3.63) is 48.0 Å². The molecule has 1 heterocycles. The third-order valence-electron chi connectivity index (χ3n) is 6.43. The molecular formula is C27H41N3O6S. The van der Waals surface area contributed by atoms with Crippen molar-refractivity contribution in [1.82, 2.24) is 4.31 Å². The van der Waals surface area contributed by atoms with E-state index < -0.39 is 22.2 Å². The van der Waals surface area contributed by atoms with E-state index in [-0.39, 0.29) is 12.2 Å². The smallest absolute Gasteiger partial charge is 0.302 e. The van der Waals surface area contributed by atoms with Crippen molar-refractivity contribution in [1.29, 1.82) is 0 Å². The number of piperidine rings is 1. The number of methoxy groups -OCH3 is 3. The largest absolute Gasteiger partial charge is 0.493 e. The van der Waals surface area contributed by atoms with Crippen molar-refractivity contribution in [2.75, 3.05) is 32.6 Å². The summed E-state index contributed by atoms with van der Waals surface area (Å²) in [6.07, 6.45) is 4.34. The van der Waals surface area contributed by atoms with Crippen molar-refractivity contribution >= 4 is 21.8 Å². The number of primary amides is 1. The van der Waals surface area contributed by atoms with Crippen molar-refractivity contribution in [3.8, 4) is 17.2 Å². The van der Waals surface area contributed by atoms with E-state index in [2.05, 4.69) is 55.8 Å². The predicted molar refractivity (Wildman–Crippen MR) is 147 cm³/mol. The lowest BCUT2D eigenvalue weighted by Crippen LogP contribution is -2.52. The molecular weight excluding hydrogens is 494 g/mol. The van der Waals surface area contributed by atoms with E-state index in [1.165, 1.54) is 51.9 Å². The summed E-state index contributed by atoms with van der Waals surface area (Å²) >= 11 is 0. The number of hydrogen-bond acceptors (Lipinski definition) is 6. The summed E-state index contributed by atoms with van der Waals surface area (Å²) in [7, 11) is 0.352. The molecule has 0 bridgehead atoms. The van der Waals surface area contributed by atoms with Crippen molar-refractivity contribution in [3.63, 3.8) is 0 Å². The van der Waals surface area contributed by atoms with E-state index in [1.54, 1.807) is 0 Å². The second kappa shape index (κ2) is 13.5. The molecule has 0 radical (unpaired) electrons. The molecule has 206 valence electrons. The van der Waals surface area contributed by atoms with E-state index in [1.807, 2.05) is 0 Å². The molecule has 0 aromatic heterocycles. The minimum Gasteiger partial charge on any atom is -0.493 e. The highest BCUT2D eigenvalue weighted by atomic mass is 32.2. The van der Waals surface area contributed by atoms with Gasteiger partial charge in [-0.15, -0.1) is 0 Å². The van der Waals surface area contributed by atoms with E-state index in [4.69, 9.17) is 19.9 Å². The van der Waals surface area contributed by atoms with E-state index in [9.17, 15) is 13.2 Å². The number of anilines is 1. The number of benzene rings is 2. The molecule has 2 aromatic carbocycles. The fourth-order valence-electron chi connectivity index (χ4n) is 4.48. The molecule has 1 unspecified atom stereocenters. The Hall–Kier alpha value is -2.98. The van der Waals surface area contributed by atoms with Gasteiger partial charge in [0.05, 0.1) is 27.0 Å². The predicted octanol–water partition coefficient (Wildman–Crippen LogP) is 4.47. The van der Waals surface area contributed by atoms with Crippen LogP contribution in [0.4, 0.5) is 5.69 Å². The van der Waals surface area contributed by atoms with Gasteiger partial charge >= 0.3 is 10.2 Å². The van der Waals surface area contributed by atoms with Crippen LogP contribution < -0.4 is 24.7 Å². The topological polar surface area (TPSA) is 120 Å². The summed E-state index contributed by atoms with van der Waals surface area (Å²) in [6, 6.07) is 12.8. The minimum absolute atomic E-state index is 0.225. The summed E-state index contributed by atoms with van der Waals surface area (Å²) in [5.74, 6) is 0.310. The highest BCUT2D eigenvalue weighted by Gasteiger charge is 2.36. The molecule has 1 atom stereocenters. The van der Waals surface area contributed by atoms with Crippen LogP contribution in [0.5, 0.6) is 17.2 Å². The Morgan fingerprint density at radius 3 is 2.14 bits per heavy atom. The lowest BCUT2D eigenvalue weighted by molar-refractivity contribution is -0.122. The van der Waals surface area contributed by atoms with Crippen LogP contribution in [0.1, 0.15) is 58.4 Å². The van der Waals surface area contributed by atoms with Crippen LogP contribution in [0, 0.1) is 0 Å². The van der Waals surface area contributed by atoms with Crippen LogP contribution in [0.15, 0.2) is 42.5 Å². The molecule has 1 amide bonds. The number of nitrogens with zero attached hydrogens (tertiary/aromatic N) is 1. The molecule has 10 heteroatoms. The maximum absolute atomic E-state index is 12.7. The summed E-state index contributed by atoms with van der Waals surface area (Å²) in [5, 5.41) is 0. The van der Waals surface area contributed by atoms with Gasteiger partial charge in [-0.1, -0.05) is 63.9 Å². The average Bonchev–Trinajstić information content (AvgIpc) is 2.88. The SMILES string of the molecule is CCCC(C)(C)c1ccccc1.COc1cc(NS(=O)(=O)N2CCCCC2C(N)=O)cc(OC)c1OC. The number of carbonyl (C=O) groups excluding carboxylic acids is 1. The first-order chi connectivity index (χ1) is 17.5. The number of amides is 1. The van der Waals surface area contributed by atoms with Crippen LogP contribution in [0.2, 0.25) is 0 Å². The molecule has 1 fully saturated rings. The Morgan fingerprint density at radius 2 is 1.65 bits per heavy atom. The number of nitrogens with two attached hydrogens (primary N) is 1. The first kappa shape index (κ1) is 30.2. The van der Waals surface area contributed by atoms with E-state index in [0.717, 1.165) is 10.7 Å². The van der Waals surface area contributed by atoms with Gasteiger partial charge < -0.3 is 19.9 Å². The van der Waals surface area contributed by atoms with Crippen LogP contribution in [0.3, 0.4) is 0 Å². The lowest BCUT2D eigenvalue weighted by Gasteiger charge is -2.32. The number of hydrogen-bond donors (Lipinski definition) is 2. The molecule has 0 spiro atoms. The quantitative estimate of drug-likeness (QED) is 0.463. The monoisotopic (exact) mass is 535 g/mol. The van der Waals surface area contributed by atoms with Gasteiger partial charge in [0.25, 0.3) is 0 Å². The van der Waals surface area contributed by atoms with Crippen molar-refractivity contribution in [2.24, 2.45) is 5.73 Å². The fourth-order valence-corrected chi connectivity index (χ4v) is 5.93. The Labute approximate surface area is 221 Å². The number of ether oxygens (including phenoxy) is 3. The number of rotatable bonds is 10.